The van der Waals surface area contributed by atoms with E-state index in [1.54, 1.807) is 26.1 Å². The van der Waals surface area contributed by atoms with Gasteiger partial charge in [0, 0.05) is 20.1 Å². The number of hydrogen-bond acceptors (Lipinski definition) is 4. The molecule has 2 rings (SSSR count). The molecule has 0 fully saturated rings. The van der Waals surface area contributed by atoms with Crippen molar-refractivity contribution in [3.8, 4) is 5.75 Å². The molecule has 0 unspecified atom stereocenters. The fraction of sp³-hybridized carbons (Fsp3) is 0.350. The largest absolute Gasteiger partial charge is 0.494 e. The molecule has 1 amide bonds. The minimum Gasteiger partial charge on any atom is -0.494 e. The maximum atomic E-state index is 12.9. The molecule has 0 bridgehead atoms. The first-order valence-electron chi connectivity index (χ1n) is 8.89. The molecule has 146 valence electrons. The van der Waals surface area contributed by atoms with Crippen LogP contribution in [0.3, 0.4) is 0 Å². The first-order chi connectivity index (χ1) is 12.9. The van der Waals surface area contributed by atoms with Gasteiger partial charge in [-0.15, -0.1) is 0 Å². The Morgan fingerprint density at radius 3 is 2.19 bits per heavy atom. The van der Waals surface area contributed by atoms with E-state index >= 15 is 0 Å². The Balaban J connectivity index is 2.08. The summed E-state index contributed by atoms with van der Waals surface area (Å²) in [6, 6.07) is 15.8. The van der Waals surface area contributed by atoms with Gasteiger partial charge in [-0.25, -0.2) is 8.42 Å². The smallest absolute Gasteiger partial charge is 0.243 e. The topological polar surface area (TPSA) is 66.9 Å². The number of hydrogen-bond donors (Lipinski definition) is 0. The molecular weight excluding hydrogens is 364 g/mol. The summed E-state index contributed by atoms with van der Waals surface area (Å²) in [7, 11) is -2.08. The second kappa shape index (κ2) is 9.53. The Labute approximate surface area is 161 Å². The number of carbonyl (C=O) groups excluding carboxylic acids is 1. The Morgan fingerprint density at radius 1 is 1.00 bits per heavy atom. The Bertz CT molecular complexity index is 836. The van der Waals surface area contributed by atoms with Crippen molar-refractivity contribution in [2.45, 2.75) is 25.3 Å². The third-order valence-corrected chi connectivity index (χ3v) is 6.06. The summed E-state index contributed by atoms with van der Waals surface area (Å²) in [6.07, 6.45) is 0. The highest BCUT2D eigenvalue weighted by Crippen LogP contribution is 2.20. The van der Waals surface area contributed by atoms with Crippen LogP contribution in [0.15, 0.2) is 59.5 Å². The van der Waals surface area contributed by atoms with Crippen LogP contribution in [0.2, 0.25) is 0 Å². The van der Waals surface area contributed by atoms with Crippen molar-refractivity contribution in [3.63, 3.8) is 0 Å². The van der Waals surface area contributed by atoms with Crippen molar-refractivity contribution >= 4 is 15.9 Å². The van der Waals surface area contributed by atoms with Crippen molar-refractivity contribution in [3.05, 3.63) is 60.2 Å². The van der Waals surface area contributed by atoms with E-state index in [1.807, 2.05) is 37.3 Å². The van der Waals surface area contributed by atoms with Crippen LogP contribution in [0.4, 0.5) is 0 Å². The van der Waals surface area contributed by atoms with Crippen LogP contribution in [0.25, 0.3) is 0 Å². The highest BCUT2D eigenvalue weighted by Gasteiger charge is 2.26. The van der Waals surface area contributed by atoms with E-state index in [9.17, 15) is 13.2 Å². The molecule has 0 N–H and O–H groups in total. The first kappa shape index (κ1) is 20.9. The van der Waals surface area contributed by atoms with E-state index in [-0.39, 0.29) is 23.9 Å². The monoisotopic (exact) mass is 390 g/mol. The molecule has 0 aromatic heterocycles. The molecule has 27 heavy (non-hydrogen) atoms. The van der Waals surface area contributed by atoms with Crippen LogP contribution in [-0.2, 0) is 21.4 Å². The summed E-state index contributed by atoms with van der Waals surface area (Å²) in [5, 5.41) is 0. The summed E-state index contributed by atoms with van der Waals surface area (Å²) in [4.78, 5) is 14.2. The van der Waals surface area contributed by atoms with Gasteiger partial charge in [-0.05, 0) is 36.8 Å². The lowest BCUT2D eigenvalue weighted by Gasteiger charge is -2.24. The lowest BCUT2D eigenvalue weighted by atomic mass is 10.2. The molecule has 6 nitrogen and oxygen atoms in total. The van der Waals surface area contributed by atoms with Crippen LogP contribution < -0.4 is 4.74 Å². The van der Waals surface area contributed by atoms with Crippen LogP contribution in [-0.4, -0.2) is 50.3 Å². The fourth-order valence-electron chi connectivity index (χ4n) is 2.61. The molecule has 0 aliphatic carbocycles. The summed E-state index contributed by atoms with van der Waals surface area (Å²) in [6.45, 7) is 4.53. The van der Waals surface area contributed by atoms with Crippen LogP contribution in [0, 0.1) is 0 Å². The number of ether oxygens (including phenoxy) is 1. The molecule has 7 heteroatoms. The summed E-state index contributed by atoms with van der Waals surface area (Å²) in [5.74, 6) is 0.355. The minimum atomic E-state index is -3.75. The number of likely N-dealkylation sites (N-methyl/N-ethyl adjacent to an activating group) is 2. The van der Waals surface area contributed by atoms with Gasteiger partial charge < -0.3 is 9.64 Å². The molecule has 0 spiro atoms. The minimum absolute atomic E-state index is 0.145. The van der Waals surface area contributed by atoms with E-state index in [4.69, 9.17) is 4.74 Å². The number of rotatable bonds is 9. The molecular formula is C20H26N2O4S. The summed E-state index contributed by atoms with van der Waals surface area (Å²) >= 11 is 0. The van der Waals surface area contributed by atoms with Gasteiger partial charge in [0.1, 0.15) is 5.75 Å². The average molecular weight is 391 g/mol. The van der Waals surface area contributed by atoms with Crippen molar-refractivity contribution in [1.82, 2.24) is 9.21 Å². The van der Waals surface area contributed by atoms with Crippen molar-refractivity contribution < 1.29 is 17.9 Å². The number of sulfonamides is 1. The lowest BCUT2D eigenvalue weighted by molar-refractivity contribution is -0.130. The van der Waals surface area contributed by atoms with Crippen molar-refractivity contribution in [1.29, 1.82) is 0 Å². The molecule has 2 aromatic carbocycles. The summed E-state index contributed by atoms with van der Waals surface area (Å²) < 4.78 is 32.3. The maximum absolute atomic E-state index is 12.9. The second-order valence-corrected chi connectivity index (χ2v) is 8.01. The second-order valence-electron chi connectivity index (χ2n) is 6.07. The Morgan fingerprint density at radius 2 is 1.63 bits per heavy atom. The highest BCUT2D eigenvalue weighted by molar-refractivity contribution is 7.89. The van der Waals surface area contributed by atoms with Crippen LogP contribution in [0.5, 0.6) is 5.75 Å². The zero-order chi connectivity index (χ0) is 19.9. The fourth-order valence-corrected chi connectivity index (χ4v) is 4.01. The molecule has 0 saturated carbocycles. The van der Waals surface area contributed by atoms with E-state index < -0.39 is 10.0 Å². The SMILES string of the molecule is CCOc1ccc(S(=O)(=O)N(CC)CC(=O)N(C)Cc2ccccc2)cc1. The standard InChI is InChI=1S/C20H26N2O4S/c1-4-22(16-20(23)21(3)15-17-9-7-6-8-10-17)27(24,25)19-13-11-18(12-14-19)26-5-2/h6-14H,4-5,15-16H2,1-3H3. The zero-order valence-electron chi connectivity index (χ0n) is 16.0. The highest BCUT2D eigenvalue weighted by atomic mass is 32.2. The van der Waals surface area contributed by atoms with Gasteiger partial charge in [0.2, 0.25) is 15.9 Å². The van der Waals surface area contributed by atoms with Gasteiger partial charge in [0.05, 0.1) is 18.0 Å². The normalized spacial score (nSPS) is 11.4. The van der Waals surface area contributed by atoms with Gasteiger partial charge in [0.25, 0.3) is 0 Å². The summed E-state index contributed by atoms with van der Waals surface area (Å²) in [5.41, 5.74) is 0.991. The van der Waals surface area contributed by atoms with Gasteiger partial charge in [-0.3, -0.25) is 4.79 Å². The predicted octanol–water partition coefficient (Wildman–Crippen LogP) is 2.75. The lowest BCUT2D eigenvalue weighted by Crippen LogP contribution is -2.41. The quantitative estimate of drug-likeness (QED) is 0.660. The van der Waals surface area contributed by atoms with E-state index in [0.717, 1.165) is 5.56 Å². The van der Waals surface area contributed by atoms with Gasteiger partial charge in [-0.1, -0.05) is 37.3 Å². The molecule has 2 aromatic rings. The van der Waals surface area contributed by atoms with E-state index in [1.165, 1.54) is 21.3 Å². The molecule has 0 aliphatic heterocycles. The number of carbonyl (C=O) groups is 1. The Kier molecular flexibility index (Phi) is 7.38. The average Bonchev–Trinajstić information content (AvgIpc) is 2.67. The van der Waals surface area contributed by atoms with Crippen molar-refractivity contribution in [2.24, 2.45) is 0 Å². The third kappa shape index (κ3) is 5.55. The predicted molar refractivity (Wildman–Crippen MR) is 105 cm³/mol. The van der Waals surface area contributed by atoms with Crippen molar-refractivity contribution in [2.75, 3.05) is 26.7 Å². The van der Waals surface area contributed by atoms with E-state index in [0.29, 0.717) is 18.9 Å². The van der Waals surface area contributed by atoms with Crippen LogP contribution >= 0.6 is 0 Å². The van der Waals surface area contributed by atoms with Gasteiger partial charge in [0.15, 0.2) is 0 Å². The number of nitrogens with zero attached hydrogens (tertiary/aromatic N) is 2. The molecule has 0 saturated heterocycles. The third-order valence-electron chi connectivity index (χ3n) is 4.13. The van der Waals surface area contributed by atoms with Gasteiger partial charge >= 0.3 is 0 Å². The Hall–Kier alpha value is -2.38. The first-order valence-corrected chi connectivity index (χ1v) is 10.3. The molecule has 0 aliphatic rings. The van der Waals surface area contributed by atoms with Gasteiger partial charge in [-0.2, -0.15) is 4.31 Å². The van der Waals surface area contributed by atoms with E-state index in [2.05, 4.69) is 0 Å². The maximum Gasteiger partial charge on any atom is 0.243 e. The molecule has 0 heterocycles. The van der Waals surface area contributed by atoms with Crippen LogP contribution in [0.1, 0.15) is 19.4 Å². The number of amides is 1. The number of benzene rings is 2. The molecule has 0 radical (unpaired) electrons. The zero-order valence-corrected chi connectivity index (χ0v) is 16.8. The molecule has 0 atom stereocenters.